The molecule has 3 N–H and O–H groups in total. The van der Waals surface area contributed by atoms with E-state index in [1.807, 2.05) is 18.3 Å². The molecule has 1 aliphatic carbocycles. The molecule has 1 saturated carbocycles. The monoisotopic (exact) mass is 288 g/mol. The minimum absolute atomic E-state index is 0.408. The number of nitrogens with one attached hydrogen (secondary N) is 1. The van der Waals surface area contributed by atoms with E-state index < -0.39 is 0 Å². The molecule has 0 bridgehead atoms. The molecular formula is C15H20N4S. The zero-order chi connectivity index (χ0) is 14.0. The Kier molecular flexibility index (Phi) is 3.61. The van der Waals surface area contributed by atoms with E-state index in [0.29, 0.717) is 11.2 Å². The number of anilines is 2. The fraction of sp³-hybridized carbons (Fsp3) is 0.467. The average molecular weight is 288 g/mol. The Bertz CT molecular complexity index is 573. The van der Waals surface area contributed by atoms with Crippen LogP contribution in [0, 0.1) is 5.41 Å². The molecule has 20 heavy (non-hydrogen) atoms. The summed E-state index contributed by atoms with van der Waals surface area (Å²) in [5, 5.41) is 4.62. The van der Waals surface area contributed by atoms with E-state index in [4.69, 9.17) is 5.73 Å². The molecule has 3 rings (SSSR count). The standard InChI is InChI=1S/C15H20N4S/c1-15(6-2-3-7-15)10-18-14-12(13(16)19-20-14)11-5-4-8-17-9-11/h4-5,8-9,18H,2-3,6-7,10H2,1H3,(H2,16,19). The maximum Gasteiger partial charge on any atom is 0.147 e. The summed E-state index contributed by atoms with van der Waals surface area (Å²) < 4.78 is 4.29. The molecule has 4 nitrogen and oxygen atoms in total. The van der Waals surface area contributed by atoms with Crippen LogP contribution in [-0.4, -0.2) is 15.9 Å². The first-order valence-electron chi connectivity index (χ1n) is 7.07. The summed E-state index contributed by atoms with van der Waals surface area (Å²) in [6.07, 6.45) is 8.90. The van der Waals surface area contributed by atoms with E-state index in [1.54, 1.807) is 6.20 Å². The minimum atomic E-state index is 0.408. The van der Waals surface area contributed by atoms with Crippen LogP contribution < -0.4 is 11.1 Å². The SMILES string of the molecule is CC1(CNc2snc(N)c2-c2cccnc2)CCCC1. The smallest absolute Gasteiger partial charge is 0.147 e. The van der Waals surface area contributed by atoms with Gasteiger partial charge in [0.05, 0.1) is 5.56 Å². The summed E-state index contributed by atoms with van der Waals surface area (Å²) in [5.74, 6) is 0.585. The van der Waals surface area contributed by atoms with E-state index in [0.717, 1.165) is 22.7 Å². The molecular weight excluding hydrogens is 268 g/mol. The molecule has 2 aromatic heterocycles. The van der Waals surface area contributed by atoms with Gasteiger partial charge in [0.25, 0.3) is 0 Å². The summed E-state index contributed by atoms with van der Waals surface area (Å²) in [7, 11) is 0. The summed E-state index contributed by atoms with van der Waals surface area (Å²) in [6.45, 7) is 3.35. The highest BCUT2D eigenvalue weighted by atomic mass is 32.1. The highest BCUT2D eigenvalue weighted by Gasteiger charge is 2.29. The van der Waals surface area contributed by atoms with Crippen molar-refractivity contribution in [3.8, 4) is 11.1 Å². The third-order valence-electron chi connectivity index (χ3n) is 4.16. The average Bonchev–Trinajstić information content (AvgIpc) is 3.05. The first kappa shape index (κ1) is 13.4. The van der Waals surface area contributed by atoms with E-state index in [1.165, 1.54) is 37.2 Å². The van der Waals surface area contributed by atoms with Crippen molar-refractivity contribution >= 4 is 22.4 Å². The highest BCUT2D eigenvalue weighted by Crippen LogP contribution is 2.40. The molecule has 0 saturated heterocycles. The minimum Gasteiger partial charge on any atom is -0.382 e. The number of nitrogens with zero attached hydrogens (tertiary/aromatic N) is 2. The molecule has 0 atom stereocenters. The fourth-order valence-corrected chi connectivity index (χ4v) is 3.64. The number of rotatable bonds is 4. The van der Waals surface area contributed by atoms with E-state index in [2.05, 4.69) is 21.6 Å². The van der Waals surface area contributed by atoms with Gasteiger partial charge >= 0.3 is 0 Å². The quantitative estimate of drug-likeness (QED) is 0.898. The summed E-state index contributed by atoms with van der Waals surface area (Å²) in [4.78, 5) is 4.17. The van der Waals surface area contributed by atoms with Crippen LogP contribution in [0.5, 0.6) is 0 Å². The van der Waals surface area contributed by atoms with Crippen LogP contribution in [0.4, 0.5) is 10.8 Å². The predicted molar refractivity (Wildman–Crippen MR) is 84.8 cm³/mol. The van der Waals surface area contributed by atoms with Crippen LogP contribution in [0.25, 0.3) is 11.1 Å². The Hall–Kier alpha value is -1.62. The maximum absolute atomic E-state index is 6.02. The lowest BCUT2D eigenvalue weighted by Crippen LogP contribution is -2.22. The lowest BCUT2D eigenvalue weighted by Gasteiger charge is -2.24. The van der Waals surface area contributed by atoms with Crippen molar-refractivity contribution in [2.45, 2.75) is 32.6 Å². The third-order valence-corrected chi connectivity index (χ3v) is 4.97. The molecule has 0 aromatic carbocycles. The van der Waals surface area contributed by atoms with Crippen molar-refractivity contribution in [1.82, 2.24) is 9.36 Å². The van der Waals surface area contributed by atoms with Gasteiger partial charge in [0.2, 0.25) is 0 Å². The molecule has 0 amide bonds. The second-order valence-electron chi connectivity index (χ2n) is 5.88. The zero-order valence-corrected chi connectivity index (χ0v) is 12.5. The normalized spacial score (nSPS) is 17.2. The van der Waals surface area contributed by atoms with Crippen LogP contribution in [0.15, 0.2) is 24.5 Å². The largest absolute Gasteiger partial charge is 0.382 e. The van der Waals surface area contributed by atoms with E-state index in [-0.39, 0.29) is 0 Å². The molecule has 106 valence electrons. The van der Waals surface area contributed by atoms with Crippen LogP contribution >= 0.6 is 11.5 Å². The molecule has 0 spiro atoms. The molecule has 2 aromatic rings. The van der Waals surface area contributed by atoms with Crippen molar-refractivity contribution in [2.24, 2.45) is 5.41 Å². The topological polar surface area (TPSA) is 63.8 Å². The Balaban J connectivity index is 1.81. The van der Waals surface area contributed by atoms with Gasteiger partial charge in [0, 0.05) is 24.5 Å². The van der Waals surface area contributed by atoms with Crippen LogP contribution in [0.3, 0.4) is 0 Å². The van der Waals surface area contributed by atoms with Gasteiger partial charge in [-0.3, -0.25) is 4.98 Å². The van der Waals surface area contributed by atoms with Crippen molar-refractivity contribution in [1.29, 1.82) is 0 Å². The first-order chi connectivity index (χ1) is 9.68. The second kappa shape index (κ2) is 5.40. The van der Waals surface area contributed by atoms with Crippen LogP contribution in [0.1, 0.15) is 32.6 Å². The fourth-order valence-electron chi connectivity index (χ4n) is 2.91. The summed E-state index contributed by atoms with van der Waals surface area (Å²) in [5.41, 5.74) is 8.45. The lowest BCUT2D eigenvalue weighted by molar-refractivity contribution is 0.362. The third kappa shape index (κ3) is 2.63. The van der Waals surface area contributed by atoms with Crippen molar-refractivity contribution in [2.75, 3.05) is 17.6 Å². The van der Waals surface area contributed by atoms with Gasteiger partial charge < -0.3 is 11.1 Å². The zero-order valence-electron chi connectivity index (χ0n) is 11.7. The molecule has 1 aliphatic rings. The number of aromatic nitrogens is 2. The molecule has 5 heteroatoms. The number of nitrogens with two attached hydrogens (primary N) is 1. The van der Waals surface area contributed by atoms with E-state index >= 15 is 0 Å². The second-order valence-corrected chi connectivity index (χ2v) is 6.66. The lowest BCUT2D eigenvalue weighted by atomic mass is 9.89. The van der Waals surface area contributed by atoms with Gasteiger partial charge in [0.15, 0.2) is 0 Å². The molecule has 0 aliphatic heterocycles. The highest BCUT2D eigenvalue weighted by molar-refractivity contribution is 7.11. The number of pyridine rings is 1. The number of nitrogen functional groups attached to an aromatic ring is 1. The van der Waals surface area contributed by atoms with Gasteiger partial charge in [-0.15, -0.1) is 0 Å². The Morgan fingerprint density at radius 1 is 1.40 bits per heavy atom. The molecule has 2 heterocycles. The van der Waals surface area contributed by atoms with Gasteiger partial charge in [0.1, 0.15) is 10.8 Å². The van der Waals surface area contributed by atoms with Crippen LogP contribution in [0.2, 0.25) is 0 Å². The molecule has 0 unspecified atom stereocenters. The molecule has 1 fully saturated rings. The maximum atomic E-state index is 6.02. The van der Waals surface area contributed by atoms with Crippen molar-refractivity contribution in [3.05, 3.63) is 24.5 Å². The van der Waals surface area contributed by atoms with Gasteiger partial charge in [-0.25, -0.2) is 0 Å². The summed E-state index contributed by atoms with van der Waals surface area (Å²) in [6, 6.07) is 3.95. The van der Waals surface area contributed by atoms with Gasteiger partial charge in [-0.05, 0) is 35.9 Å². The Morgan fingerprint density at radius 3 is 2.90 bits per heavy atom. The predicted octanol–water partition coefficient (Wildman–Crippen LogP) is 3.78. The number of hydrogen-bond acceptors (Lipinski definition) is 5. The first-order valence-corrected chi connectivity index (χ1v) is 7.85. The Morgan fingerprint density at radius 2 is 2.20 bits per heavy atom. The van der Waals surface area contributed by atoms with E-state index in [9.17, 15) is 0 Å². The van der Waals surface area contributed by atoms with Crippen LogP contribution in [-0.2, 0) is 0 Å². The van der Waals surface area contributed by atoms with Gasteiger partial charge in [-0.2, -0.15) is 4.37 Å². The summed E-state index contributed by atoms with van der Waals surface area (Å²) >= 11 is 1.44. The molecule has 0 radical (unpaired) electrons. The Labute approximate surface area is 123 Å². The van der Waals surface area contributed by atoms with Crippen molar-refractivity contribution in [3.63, 3.8) is 0 Å². The van der Waals surface area contributed by atoms with Gasteiger partial charge in [-0.1, -0.05) is 25.8 Å². The van der Waals surface area contributed by atoms with Crippen molar-refractivity contribution < 1.29 is 0 Å². The number of hydrogen-bond donors (Lipinski definition) is 2.